The van der Waals surface area contributed by atoms with Gasteiger partial charge in [-0.1, -0.05) is 0 Å². The second kappa shape index (κ2) is 7.82. The molecule has 0 unspecified atom stereocenters. The van der Waals surface area contributed by atoms with Crippen molar-refractivity contribution in [3.63, 3.8) is 0 Å². The predicted molar refractivity (Wildman–Crippen MR) is 26.4 cm³/mol. The Morgan fingerprint density at radius 1 is 1.00 bits per heavy atom. The minimum absolute atomic E-state index is 0. The zero-order valence-electron chi connectivity index (χ0n) is 6.39. The van der Waals surface area contributed by atoms with E-state index in [-0.39, 0.29) is 49.8 Å². The molecule has 0 N–H and O–H groups in total. The molecule has 0 amide bonds. The maximum atomic E-state index is 2.89. The van der Waals surface area contributed by atoms with Crippen LogP contribution in [0.1, 0.15) is 1.43 Å². The van der Waals surface area contributed by atoms with Gasteiger partial charge < -0.3 is 1.43 Å². The number of hydrogen-bond acceptors (Lipinski definition) is 0. The third-order valence-electron chi connectivity index (χ3n) is 0.607. The van der Waals surface area contributed by atoms with Crippen molar-refractivity contribution in [2.75, 3.05) is 0 Å². The summed E-state index contributed by atoms with van der Waals surface area (Å²) in [6, 6.07) is 12.5. The molecule has 0 aliphatic carbocycles. The van der Waals surface area contributed by atoms with E-state index in [1.165, 1.54) is 0 Å². The Hall–Kier alpha value is 0.817. The number of rotatable bonds is 0. The summed E-state index contributed by atoms with van der Waals surface area (Å²) in [5.74, 6) is 0. The molecule has 0 fully saturated rings. The largest absolute Gasteiger partial charge is 1.00 e. The first-order valence-electron chi connectivity index (χ1n) is 1.91. The van der Waals surface area contributed by atoms with E-state index in [2.05, 4.69) is 6.07 Å². The van der Waals surface area contributed by atoms with Crippen LogP contribution in [-0.4, -0.2) is 0 Å². The minimum Gasteiger partial charge on any atom is -1.00 e. The molecule has 0 atom stereocenters. The summed E-state index contributed by atoms with van der Waals surface area (Å²) in [6.45, 7) is 0. The average molecular weight is 108 g/mol. The van der Waals surface area contributed by atoms with E-state index >= 15 is 0 Å². The van der Waals surface area contributed by atoms with E-state index in [1.807, 2.05) is 30.3 Å². The van der Waals surface area contributed by atoms with Gasteiger partial charge in [0.2, 0.25) is 0 Å². The van der Waals surface area contributed by atoms with Crippen LogP contribution in [-0.2, 0) is 0 Å². The van der Waals surface area contributed by atoms with Crippen LogP contribution in [0.4, 0.5) is 0 Å². The van der Waals surface area contributed by atoms with E-state index in [4.69, 9.17) is 0 Å². The van der Waals surface area contributed by atoms with Gasteiger partial charge in [-0.15, -0.1) is 0 Å². The summed E-state index contributed by atoms with van der Waals surface area (Å²) < 4.78 is 0. The van der Waals surface area contributed by atoms with Crippen molar-refractivity contribution in [2.24, 2.45) is 0 Å². The first kappa shape index (κ1) is 11.6. The molecule has 2 heteroatoms. The van der Waals surface area contributed by atoms with Gasteiger partial charge in [-0.3, -0.25) is 0 Å². The second-order valence-electron chi connectivity index (χ2n) is 1.08. The van der Waals surface area contributed by atoms with Crippen LogP contribution in [0.5, 0.6) is 0 Å². The van der Waals surface area contributed by atoms with Crippen LogP contribution in [0.15, 0.2) is 30.3 Å². The maximum absolute atomic E-state index is 2.89. The maximum Gasteiger partial charge on any atom is 1.00 e. The Morgan fingerprint density at radius 2 is 1.50 bits per heavy atom. The Balaban J connectivity index is -0.000000120. The van der Waals surface area contributed by atoms with E-state index in [9.17, 15) is 0 Å². The van der Waals surface area contributed by atoms with Gasteiger partial charge in [-0.25, -0.2) is 0 Å². The smallest absolute Gasteiger partial charge is 1.00 e. The van der Waals surface area contributed by atoms with Gasteiger partial charge >= 0.3 is 48.4 Å². The van der Waals surface area contributed by atoms with Crippen LogP contribution in [0, 0.1) is 6.07 Å². The van der Waals surface area contributed by atoms with Crippen molar-refractivity contribution in [3.05, 3.63) is 36.4 Å². The molecule has 0 aliphatic heterocycles. The Labute approximate surface area is 85.6 Å². The van der Waals surface area contributed by atoms with Gasteiger partial charge in [0.1, 0.15) is 0 Å². The fourth-order valence-electron chi connectivity index (χ4n) is 0.342. The molecule has 0 radical (unpaired) electrons. The molecule has 32 valence electrons. The van der Waals surface area contributed by atoms with E-state index < -0.39 is 0 Å². The van der Waals surface area contributed by atoms with Crippen molar-refractivity contribution >= 4 is 0 Å². The monoisotopic (exact) mass is 108 g/mol. The normalized spacial score (nSPS) is 6.00. The first-order valence-corrected chi connectivity index (χ1v) is 1.91. The van der Waals surface area contributed by atoms with Crippen LogP contribution in [0.25, 0.3) is 0 Å². The Morgan fingerprint density at radius 3 is 1.62 bits per heavy atom. The SMILES string of the molecule is [H-].[Li+].[Na+].[c-]1ccccc1. The molecule has 1 aromatic carbocycles. The number of hydrogen-bond donors (Lipinski definition) is 0. The van der Waals surface area contributed by atoms with Gasteiger partial charge in [-0.05, 0) is 0 Å². The predicted octanol–water partition coefficient (Wildman–Crippen LogP) is -4.39. The summed E-state index contributed by atoms with van der Waals surface area (Å²) >= 11 is 0. The summed E-state index contributed by atoms with van der Waals surface area (Å²) in [7, 11) is 0. The van der Waals surface area contributed by atoms with Gasteiger partial charge in [0, 0.05) is 0 Å². The third-order valence-corrected chi connectivity index (χ3v) is 0.607. The van der Waals surface area contributed by atoms with E-state index in [0.717, 1.165) is 0 Å². The van der Waals surface area contributed by atoms with E-state index in [0.29, 0.717) is 0 Å². The summed E-state index contributed by atoms with van der Waals surface area (Å²) in [6.07, 6.45) is 0. The van der Waals surface area contributed by atoms with Gasteiger partial charge in [-0.2, -0.15) is 36.4 Å². The molecule has 1 aromatic rings. The van der Waals surface area contributed by atoms with Crippen molar-refractivity contribution in [1.29, 1.82) is 0 Å². The molecule has 0 saturated carbocycles. The molecule has 0 nitrogen and oxygen atoms in total. The van der Waals surface area contributed by atoms with Crippen LogP contribution < -0.4 is 48.4 Å². The molecule has 0 aromatic heterocycles. The van der Waals surface area contributed by atoms with Gasteiger partial charge in [0.05, 0.1) is 0 Å². The molecular weight excluding hydrogens is 102 g/mol. The average Bonchev–Trinajstić information content (AvgIpc) is 1.72. The molecule has 8 heavy (non-hydrogen) atoms. The van der Waals surface area contributed by atoms with Crippen LogP contribution in [0.2, 0.25) is 0 Å². The fraction of sp³-hybridized carbons (Fsp3) is 0. The van der Waals surface area contributed by atoms with Crippen molar-refractivity contribution < 1.29 is 49.8 Å². The molecule has 1 rings (SSSR count). The van der Waals surface area contributed by atoms with Gasteiger partial charge in [0.25, 0.3) is 0 Å². The first-order chi connectivity index (χ1) is 3.00. The zero-order valence-corrected chi connectivity index (χ0v) is 7.39. The van der Waals surface area contributed by atoms with E-state index in [1.54, 1.807) is 0 Å². The van der Waals surface area contributed by atoms with Crippen LogP contribution in [0.3, 0.4) is 0 Å². The van der Waals surface area contributed by atoms with Crippen molar-refractivity contribution in [2.45, 2.75) is 0 Å². The second-order valence-corrected chi connectivity index (χ2v) is 1.08. The van der Waals surface area contributed by atoms with Gasteiger partial charge in [0.15, 0.2) is 0 Å². The molecule has 0 spiro atoms. The van der Waals surface area contributed by atoms with Crippen molar-refractivity contribution in [1.82, 2.24) is 0 Å². The fourth-order valence-corrected chi connectivity index (χ4v) is 0.342. The number of benzene rings is 1. The van der Waals surface area contributed by atoms with Crippen LogP contribution >= 0.6 is 0 Å². The Kier molecular flexibility index (Phi) is 11.3. The summed E-state index contributed by atoms with van der Waals surface area (Å²) in [5, 5.41) is 0. The quantitative estimate of drug-likeness (QED) is 0.232. The Bertz CT molecular complexity index is 85.0. The molecular formula is C6H6LiNa. The summed E-state index contributed by atoms with van der Waals surface area (Å²) in [4.78, 5) is 0. The molecule has 0 aliphatic rings. The zero-order chi connectivity index (χ0) is 4.24. The van der Waals surface area contributed by atoms with Crippen molar-refractivity contribution in [3.8, 4) is 0 Å². The standard InChI is InChI=1S/C6H5.Li.Na.H/c1-2-4-6-5-3-1;;;/h1-5H;;;/q-1;2*+1;-1. The minimum atomic E-state index is 0. The molecule has 0 heterocycles. The molecule has 0 saturated heterocycles. The topological polar surface area (TPSA) is 0 Å². The third kappa shape index (κ3) is 4.96. The summed E-state index contributed by atoms with van der Waals surface area (Å²) in [5.41, 5.74) is 0. The molecule has 0 bridgehead atoms.